The molecule has 0 spiro atoms. The molecule has 1 aliphatic rings. The highest BCUT2D eigenvalue weighted by Gasteiger charge is 2.32. The van der Waals surface area contributed by atoms with E-state index in [0.717, 1.165) is 19.3 Å². The summed E-state index contributed by atoms with van der Waals surface area (Å²) in [5.41, 5.74) is 1.22. The summed E-state index contributed by atoms with van der Waals surface area (Å²) >= 11 is 0. The number of carbonyl (C=O) groups excluding carboxylic acids is 2. The van der Waals surface area contributed by atoms with Crippen LogP contribution in [0.15, 0.2) is 11.6 Å². The number of esters is 1. The summed E-state index contributed by atoms with van der Waals surface area (Å²) in [7, 11) is 0. The fourth-order valence-electron chi connectivity index (χ4n) is 2.48. The molecular formula is C15H24O3. The van der Waals surface area contributed by atoms with E-state index in [1.807, 2.05) is 0 Å². The average Bonchev–Trinajstić information content (AvgIpc) is 2.28. The minimum Gasteiger partial charge on any atom is -0.466 e. The molecule has 2 atom stereocenters. The van der Waals surface area contributed by atoms with Gasteiger partial charge in [-0.25, -0.2) is 0 Å². The molecule has 2 unspecified atom stereocenters. The van der Waals surface area contributed by atoms with Gasteiger partial charge in [-0.05, 0) is 38.2 Å². The number of allylic oxidation sites excluding steroid dienone is 2. The van der Waals surface area contributed by atoms with Gasteiger partial charge in [-0.2, -0.15) is 0 Å². The van der Waals surface area contributed by atoms with Gasteiger partial charge in [0.25, 0.3) is 0 Å². The molecule has 0 fully saturated rings. The molecule has 0 heterocycles. The molecule has 0 radical (unpaired) electrons. The minimum atomic E-state index is -0.325. The molecule has 0 saturated carbocycles. The summed E-state index contributed by atoms with van der Waals surface area (Å²) in [4.78, 5) is 23.7. The van der Waals surface area contributed by atoms with Crippen LogP contribution < -0.4 is 0 Å². The van der Waals surface area contributed by atoms with E-state index < -0.39 is 0 Å². The number of hydrogen-bond acceptors (Lipinski definition) is 3. The van der Waals surface area contributed by atoms with E-state index in [2.05, 4.69) is 13.8 Å². The van der Waals surface area contributed by atoms with Crippen LogP contribution in [0.5, 0.6) is 0 Å². The Morgan fingerprint density at radius 1 is 1.44 bits per heavy atom. The third-order valence-corrected chi connectivity index (χ3v) is 3.42. The Balaban J connectivity index is 2.64. The van der Waals surface area contributed by atoms with Crippen molar-refractivity contribution in [1.29, 1.82) is 0 Å². The second kappa shape index (κ2) is 6.72. The van der Waals surface area contributed by atoms with Crippen LogP contribution in [0.2, 0.25) is 0 Å². The monoisotopic (exact) mass is 252 g/mol. The first kappa shape index (κ1) is 14.9. The summed E-state index contributed by atoms with van der Waals surface area (Å²) in [6.07, 6.45) is 4.44. The van der Waals surface area contributed by atoms with Crippen molar-refractivity contribution in [3.63, 3.8) is 0 Å². The Kier molecular flexibility index (Phi) is 5.57. The first-order valence-electron chi connectivity index (χ1n) is 6.85. The standard InChI is InChI=1S/C15H24O3/c1-5-18-15(17)11(4)13-7-6-12(8-10(2)3)9-14(13)16/h9-11,13H,5-8H2,1-4H3. The molecule has 0 aliphatic heterocycles. The molecule has 0 aromatic carbocycles. The topological polar surface area (TPSA) is 43.4 Å². The zero-order valence-corrected chi connectivity index (χ0v) is 11.9. The first-order valence-corrected chi connectivity index (χ1v) is 6.85. The maximum absolute atomic E-state index is 12.1. The number of hydrogen-bond donors (Lipinski definition) is 0. The molecule has 0 amide bonds. The Morgan fingerprint density at radius 2 is 2.11 bits per heavy atom. The van der Waals surface area contributed by atoms with Crippen LogP contribution in [0.1, 0.15) is 47.0 Å². The summed E-state index contributed by atoms with van der Waals surface area (Å²) < 4.78 is 4.98. The molecule has 0 saturated heterocycles. The molecular weight excluding hydrogens is 228 g/mol. The average molecular weight is 252 g/mol. The Hall–Kier alpha value is -1.12. The second-order valence-corrected chi connectivity index (χ2v) is 5.49. The van der Waals surface area contributed by atoms with Crippen LogP contribution in [0.4, 0.5) is 0 Å². The van der Waals surface area contributed by atoms with Crippen molar-refractivity contribution in [3.05, 3.63) is 11.6 Å². The maximum Gasteiger partial charge on any atom is 0.309 e. The van der Waals surface area contributed by atoms with Gasteiger partial charge in [0, 0.05) is 5.92 Å². The Labute approximate surface area is 110 Å². The third-order valence-electron chi connectivity index (χ3n) is 3.42. The second-order valence-electron chi connectivity index (χ2n) is 5.49. The van der Waals surface area contributed by atoms with Crippen LogP contribution in [0.3, 0.4) is 0 Å². The Bertz CT molecular complexity index is 342. The van der Waals surface area contributed by atoms with E-state index >= 15 is 0 Å². The van der Waals surface area contributed by atoms with Crippen LogP contribution >= 0.6 is 0 Å². The SMILES string of the molecule is CCOC(=O)C(C)C1CCC(CC(C)C)=CC1=O. The van der Waals surface area contributed by atoms with Gasteiger partial charge in [-0.3, -0.25) is 9.59 Å². The third kappa shape index (κ3) is 3.97. The molecule has 0 aromatic rings. The lowest BCUT2D eigenvalue weighted by Gasteiger charge is -2.25. The largest absolute Gasteiger partial charge is 0.466 e. The summed E-state index contributed by atoms with van der Waals surface area (Å²) in [5.74, 6) is -0.105. The molecule has 0 bridgehead atoms. The van der Waals surface area contributed by atoms with Gasteiger partial charge in [0.05, 0.1) is 12.5 Å². The van der Waals surface area contributed by atoms with E-state index in [0.29, 0.717) is 12.5 Å². The highest BCUT2D eigenvalue weighted by atomic mass is 16.5. The van der Waals surface area contributed by atoms with Gasteiger partial charge >= 0.3 is 5.97 Å². The van der Waals surface area contributed by atoms with E-state index in [9.17, 15) is 9.59 Å². The van der Waals surface area contributed by atoms with Gasteiger partial charge in [0.15, 0.2) is 5.78 Å². The van der Waals surface area contributed by atoms with E-state index in [1.165, 1.54) is 5.57 Å². The van der Waals surface area contributed by atoms with Gasteiger partial charge < -0.3 is 4.74 Å². The van der Waals surface area contributed by atoms with Crippen molar-refractivity contribution < 1.29 is 14.3 Å². The molecule has 3 nitrogen and oxygen atoms in total. The summed E-state index contributed by atoms with van der Waals surface area (Å²) in [6.45, 7) is 8.26. The molecule has 0 aromatic heterocycles. The van der Waals surface area contributed by atoms with Crippen molar-refractivity contribution in [1.82, 2.24) is 0 Å². The molecule has 3 heteroatoms. The van der Waals surface area contributed by atoms with Gasteiger partial charge in [0.2, 0.25) is 0 Å². The predicted molar refractivity (Wildman–Crippen MR) is 71.1 cm³/mol. The van der Waals surface area contributed by atoms with Crippen molar-refractivity contribution in [2.45, 2.75) is 47.0 Å². The van der Waals surface area contributed by atoms with Crippen molar-refractivity contribution in [3.8, 4) is 0 Å². The molecule has 18 heavy (non-hydrogen) atoms. The minimum absolute atomic E-state index is 0.0949. The lowest BCUT2D eigenvalue weighted by molar-refractivity contribution is -0.151. The smallest absolute Gasteiger partial charge is 0.309 e. The van der Waals surface area contributed by atoms with Crippen molar-refractivity contribution in [2.24, 2.45) is 17.8 Å². The zero-order chi connectivity index (χ0) is 13.7. The Morgan fingerprint density at radius 3 is 2.61 bits per heavy atom. The lowest BCUT2D eigenvalue weighted by Crippen LogP contribution is -2.30. The number of rotatable bonds is 5. The van der Waals surface area contributed by atoms with Gasteiger partial charge in [-0.1, -0.05) is 26.3 Å². The van der Waals surface area contributed by atoms with Crippen LogP contribution in [0.25, 0.3) is 0 Å². The van der Waals surface area contributed by atoms with Crippen LogP contribution in [-0.2, 0) is 14.3 Å². The van der Waals surface area contributed by atoms with Gasteiger partial charge in [0.1, 0.15) is 0 Å². The van der Waals surface area contributed by atoms with Crippen LogP contribution in [-0.4, -0.2) is 18.4 Å². The molecule has 1 aliphatic carbocycles. The highest BCUT2D eigenvalue weighted by Crippen LogP contribution is 2.30. The summed E-state index contributed by atoms with van der Waals surface area (Å²) in [5, 5.41) is 0. The summed E-state index contributed by atoms with van der Waals surface area (Å²) in [6, 6.07) is 0. The molecule has 102 valence electrons. The quantitative estimate of drug-likeness (QED) is 0.706. The highest BCUT2D eigenvalue weighted by molar-refractivity contribution is 5.96. The van der Waals surface area contributed by atoms with E-state index in [4.69, 9.17) is 4.74 Å². The zero-order valence-electron chi connectivity index (χ0n) is 11.9. The number of carbonyl (C=O) groups is 2. The number of ketones is 1. The molecule has 0 N–H and O–H groups in total. The predicted octanol–water partition coefficient (Wildman–Crippen LogP) is 3.14. The van der Waals surface area contributed by atoms with Crippen molar-refractivity contribution >= 4 is 11.8 Å². The van der Waals surface area contributed by atoms with E-state index in [1.54, 1.807) is 19.9 Å². The maximum atomic E-state index is 12.1. The first-order chi connectivity index (χ1) is 8.45. The molecule has 1 rings (SSSR count). The number of ether oxygens (including phenoxy) is 1. The van der Waals surface area contributed by atoms with Gasteiger partial charge in [-0.15, -0.1) is 0 Å². The van der Waals surface area contributed by atoms with Crippen LogP contribution in [0, 0.1) is 17.8 Å². The normalized spacial score (nSPS) is 21.7. The fourth-order valence-corrected chi connectivity index (χ4v) is 2.48. The van der Waals surface area contributed by atoms with Crippen molar-refractivity contribution in [2.75, 3.05) is 6.61 Å². The lowest BCUT2D eigenvalue weighted by atomic mass is 9.79. The van der Waals surface area contributed by atoms with E-state index in [-0.39, 0.29) is 23.6 Å². The fraction of sp³-hybridized carbons (Fsp3) is 0.733.